The molecule has 0 aliphatic heterocycles. The second-order valence-electron chi connectivity index (χ2n) is 2.88. The highest BCUT2D eigenvalue weighted by Crippen LogP contribution is 2.20. The highest BCUT2D eigenvalue weighted by Gasteiger charge is 2.10. The second kappa shape index (κ2) is 2.11. The van der Waals surface area contributed by atoms with E-state index in [0.29, 0.717) is 5.39 Å². The number of hydrogen-bond acceptors (Lipinski definition) is 2. The van der Waals surface area contributed by atoms with Crippen molar-refractivity contribution in [1.29, 1.82) is 0 Å². The molecule has 0 saturated heterocycles. The molecule has 0 aliphatic carbocycles. The van der Waals surface area contributed by atoms with E-state index in [1.807, 2.05) is 6.20 Å². The summed E-state index contributed by atoms with van der Waals surface area (Å²) in [5, 5.41) is 4.77. The van der Waals surface area contributed by atoms with Gasteiger partial charge < -0.3 is 4.98 Å². The lowest BCUT2D eigenvalue weighted by Gasteiger charge is -1.93. The van der Waals surface area contributed by atoms with Gasteiger partial charge in [-0.3, -0.25) is 4.79 Å². The first-order valence-electron chi connectivity index (χ1n) is 3.74. The van der Waals surface area contributed by atoms with E-state index in [1.54, 1.807) is 16.8 Å². The van der Waals surface area contributed by atoms with Gasteiger partial charge in [-0.15, -0.1) is 0 Å². The summed E-state index contributed by atoms with van der Waals surface area (Å²) in [6, 6.07) is 1.79. The standard InChI is InChI=1S/C8H4BrN3O/c9-4-1-5-7-6(11-8(5)13)2-10-12(7)3-4/h1-3H,(H,11,13). The minimum Gasteiger partial charge on any atom is -0.319 e. The van der Waals surface area contributed by atoms with Crippen LogP contribution in [0.1, 0.15) is 0 Å². The summed E-state index contributed by atoms with van der Waals surface area (Å²) in [7, 11) is 0. The van der Waals surface area contributed by atoms with E-state index in [2.05, 4.69) is 26.0 Å². The molecule has 64 valence electrons. The molecule has 3 heterocycles. The van der Waals surface area contributed by atoms with Gasteiger partial charge in [0.25, 0.3) is 5.56 Å². The van der Waals surface area contributed by atoms with Gasteiger partial charge in [-0.1, -0.05) is 0 Å². The molecule has 3 rings (SSSR count). The van der Waals surface area contributed by atoms with Crippen LogP contribution in [0.4, 0.5) is 0 Å². The van der Waals surface area contributed by atoms with Gasteiger partial charge in [-0.25, -0.2) is 4.52 Å². The Morgan fingerprint density at radius 2 is 2.38 bits per heavy atom. The maximum atomic E-state index is 11.4. The molecule has 0 saturated carbocycles. The fourth-order valence-corrected chi connectivity index (χ4v) is 1.97. The maximum Gasteiger partial charge on any atom is 0.258 e. The van der Waals surface area contributed by atoms with Crippen LogP contribution in [0.15, 0.2) is 27.7 Å². The number of aromatic nitrogens is 3. The summed E-state index contributed by atoms with van der Waals surface area (Å²) in [6.07, 6.45) is 3.47. The minimum absolute atomic E-state index is 0.0637. The molecular formula is C8H4BrN3O. The van der Waals surface area contributed by atoms with Crippen LogP contribution in [0.5, 0.6) is 0 Å². The van der Waals surface area contributed by atoms with E-state index in [1.165, 1.54) is 0 Å². The largest absolute Gasteiger partial charge is 0.319 e. The number of hydrogen-bond donors (Lipinski definition) is 1. The Labute approximate surface area is 80.6 Å². The number of pyridine rings is 1. The van der Waals surface area contributed by atoms with Crippen molar-refractivity contribution in [3.05, 3.63) is 33.3 Å². The lowest BCUT2D eigenvalue weighted by Crippen LogP contribution is -1.98. The minimum atomic E-state index is -0.0637. The van der Waals surface area contributed by atoms with Gasteiger partial charge in [0.2, 0.25) is 0 Å². The molecule has 0 spiro atoms. The third-order valence-electron chi connectivity index (χ3n) is 2.07. The second-order valence-corrected chi connectivity index (χ2v) is 3.79. The summed E-state index contributed by atoms with van der Waals surface area (Å²) in [5.41, 5.74) is 1.58. The number of H-pyrrole nitrogens is 1. The molecule has 0 aliphatic rings. The van der Waals surface area contributed by atoms with Crippen molar-refractivity contribution < 1.29 is 0 Å². The van der Waals surface area contributed by atoms with Gasteiger partial charge >= 0.3 is 0 Å². The number of aromatic amines is 1. The maximum absolute atomic E-state index is 11.4. The van der Waals surface area contributed by atoms with E-state index in [4.69, 9.17) is 0 Å². The Balaban J connectivity index is 2.79. The molecule has 5 heteroatoms. The molecule has 3 aromatic rings. The van der Waals surface area contributed by atoms with Crippen molar-refractivity contribution >= 4 is 32.3 Å². The van der Waals surface area contributed by atoms with E-state index < -0.39 is 0 Å². The lowest BCUT2D eigenvalue weighted by atomic mass is 10.3. The fourth-order valence-electron chi connectivity index (χ4n) is 1.54. The summed E-state index contributed by atoms with van der Waals surface area (Å²) < 4.78 is 2.54. The zero-order valence-corrected chi connectivity index (χ0v) is 8.00. The van der Waals surface area contributed by atoms with Crippen molar-refractivity contribution in [3.8, 4) is 0 Å². The quantitative estimate of drug-likeness (QED) is 0.643. The van der Waals surface area contributed by atoms with Crippen molar-refractivity contribution in [2.75, 3.05) is 0 Å². The number of nitrogens with zero attached hydrogens (tertiary/aromatic N) is 2. The van der Waals surface area contributed by atoms with E-state index in [-0.39, 0.29) is 5.56 Å². The molecule has 0 bridgehead atoms. The summed E-state index contributed by atoms with van der Waals surface area (Å²) in [5.74, 6) is 0. The third kappa shape index (κ3) is 0.793. The average Bonchev–Trinajstić information content (AvgIpc) is 2.59. The topological polar surface area (TPSA) is 50.2 Å². The molecule has 3 aromatic heterocycles. The number of rotatable bonds is 0. The number of nitrogens with one attached hydrogen (secondary N) is 1. The van der Waals surface area contributed by atoms with Gasteiger partial charge in [0.1, 0.15) is 5.52 Å². The van der Waals surface area contributed by atoms with Gasteiger partial charge in [0.15, 0.2) is 0 Å². The Kier molecular flexibility index (Phi) is 1.15. The fraction of sp³-hybridized carbons (Fsp3) is 0. The zero-order valence-electron chi connectivity index (χ0n) is 6.41. The smallest absolute Gasteiger partial charge is 0.258 e. The van der Waals surface area contributed by atoms with Crippen LogP contribution in [0.3, 0.4) is 0 Å². The molecular weight excluding hydrogens is 234 g/mol. The van der Waals surface area contributed by atoms with Crippen molar-refractivity contribution in [3.63, 3.8) is 0 Å². The predicted molar refractivity (Wildman–Crippen MR) is 52.2 cm³/mol. The highest BCUT2D eigenvalue weighted by atomic mass is 79.9. The van der Waals surface area contributed by atoms with Crippen LogP contribution < -0.4 is 5.56 Å². The van der Waals surface area contributed by atoms with Crippen LogP contribution >= 0.6 is 15.9 Å². The van der Waals surface area contributed by atoms with Crippen LogP contribution in [0, 0.1) is 0 Å². The Hall–Kier alpha value is -1.36. The predicted octanol–water partition coefficient (Wildman–Crippen LogP) is 1.38. The molecule has 0 amide bonds. The lowest BCUT2D eigenvalue weighted by molar-refractivity contribution is 0.959. The normalized spacial score (nSPS) is 11.8. The SMILES string of the molecule is O=c1[nH]c2cnn3cc(Br)cc1c23. The first-order valence-corrected chi connectivity index (χ1v) is 4.53. The molecule has 1 N–H and O–H groups in total. The van der Waals surface area contributed by atoms with Crippen LogP contribution in [-0.2, 0) is 0 Å². The molecule has 0 radical (unpaired) electrons. The van der Waals surface area contributed by atoms with Crippen molar-refractivity contribution in [2.45, 2.75) is 0 Å². The summed E-state index contributed by atoms with van der Waals surface area (Å²) in [4.78, 5) is 14.1. The molecule has 0 atom stereocenters. The highest BCUT2D eigenvalue weighted by molar-refractivity contribution is 9.10. The molecule has 4 nitrogen and oxygen atoms in total. The Morgan fingerprint density at radius 3 is 3.23 bits per heavy atom. The Bertz CT molecular complexity index is 639. The van der Waals surface area contributed by atoms with Crippen LogP contribution in [0.2, 0.25) is 0 Å². The van der Waals surface area contributed by atoms with E-state index in [9.17, 15) is 4.79 Å². The molecule has 0 aromatic carbocycles. The summed E-state index contributed by atoms with van der Waals surface area (Å²) >= 11 is 3.32. The van der Waals surface area contributed by atoms with E-state index in [0.717, 1.165) is 15.5 Å². The van der Waals surface area contributed by atoms with Crippen LogP contribution in [-0.4, -0.2) is 14.6 Å². The van der Waals surface area contributed by atoms with Gasteiger partial charge in [0.05, 0.1) is 17.1 Å². The van der Waals surface area contributed by atoms with Gasteiger partial charge in [0, 0.05) is 10.7 Å². The molecule has 13 heavy (non-hydrogen) atoms. The van der Waals surface area contributed by atoms with Gasteiger partial charge in [-0.05, 0) is 22.0 Å². The van der Waals surface area contributed by atoms with E-state index >= 15 is 0 Å². The Morgan fingerprint density at radius 1 is 1.54 bits per heavy atom. The summed E-state index contributed by atoms with van der Waals surface area (Å²) in [6.45, 7) is 0. The van der Waals surface area contributed by atoms with Crippen molar-refractivity contribution in [1.82, 2.24) is 14.6 Å². The molecule has 0 fully saturated rings. The first kappa shape index (κ1) is 7.08. The average molecular weight is 238 g/mol. The van der Waals surface area contributed by atoms with Crippen LogP contribution in [0.25, 0.3) is 16.4 Å². The molecule has 0 unspecified atom stereocenters. The number of halogens is 1. The zero-order chi connectivity index (χ0) is 9.00. The monoisotopic (exact) mass is 237 g/mol. The van der Waals surface area contributed by atoms with Crippen molar-refractivity contribution in [2.24, 2.45) is 0 Å². The van der Waals surface area contributed by atoms with Gasteiger partial charge in [-0.2, -0.15) is 5.10 Å². The third-order valence-corrected chi connectivity index (χ3v) is 2.50. The first-order chi connectivity index (χ1) is 6.25.